The van der Waals surface area contributed by atoms with Gasteiger partial charge in [-0.25, -0.2) is 4.98 Å². The van der Waals surface area contributed by atoms with E-state index in [0.29, 0.717) is 0 Å². The van der Waals surface area contributed by atoms with Crippen LogP contribution in [0.5, 0.6) is 0 Å². The third-order valence-electron chi connectivity index (χ3n) is 2.75. The molecule has 2 aromatic rings. The Morgan fingerprint density at radius 1 is 1.12 bits per heavy atom. The topological polar surface area (TPSA) is 24.9 Å². The Kier molecular flexibility index (Phi) is 3.79. The summed E-state index contributed by atoms with van der Waals surface area (Å²) in [5.74, 6) is 0. The molecule has 2 rings (SSSR count). The zero-order valence-electron chi connectivity index (χ0n) is 10.6. The summed E-state index contributed by atoms with van der Waals surface area (Å²) in [6.07, 6.45) is 1.05. The van der Waals surface area contributed by atoms with Crippen molar-refractivity contribution in [3.8, 4) is 0 Å². The number of aryl methyl sites for hydroxylation is 3. The lowest BCUT2D eigenvalue weighted by Gasteiger charge is -2.08. The summed E-state index contributed by atoms with van der Waals surface area (Å²) in [7, 11) is 0. The number of hydrogen-bond acceptors (Lipinski definition) is 3. The Bertz CT molecular complexity index is 482. The number of aromatic nitrogens is 1. The third-order valence-corrected chi connectivity index (χ3v) is 3.74. The lowest BCUT2D eigenvalue weighted by Crippen LogP contribution is -2.05. The molecule has 1 aromatic heterocycles. The largest absolute Gasteiger partial charge is 0.385 e. The molecule has 0 amide bonds. The standard InChI is InChI=1S/C14H18N2S/c1-10-6-11(2)8-13(7-10)15-5-4-14-12(3)16-9-17-14/h6-9,15H,4-5H2,1-3H3. The molecular weight excluding hydrogens is 228 g/mol. The van der Waals surface area contributed by atoms with Crippen LogP contribution in [0.25, 0.3) is 0 Å². The Morgan fingerprint density at radius 2 is 1.82 bits per heavy atom. The van der Waals surface area contributed by atoms with Crippen LogP contribution >= 0.6 is 11.3 Å². The predicted molar refractivity (Wildman–Crippen MR) is 75.0 cm³/mol. The van der Waals surface area contributed by atoms with Crippen molar-refractivity contribution in [1.29, 1.82) is 0 Å². The van der Waals surface area contributed by atoms with Gasteiger partial charge in [0.15, 0.2) is 0 Å². The highest BCUT2D eigenvalue weighted by atomic mass is 32.1. The normalized spacial score (nSPS) is 10.5. The lowest BCUT2D eigenvalue weighted by atomic mass is 10.1. The minimum Gasteiger partial charge on any atom is -0.385 e. The molecule has 0 fully saturated rings. The van der Waals surface area contributed by atoms with Gasteiger partial charge in [0.2, 0.25) is 0 Å². The molecule has 0 saturated carbocycles. The summed E-state index contributed by atoms with van der Waals surface area (Å²) in [4.78, 5) is 5.64. The van der Waals surface area contributed by atoms with Gasteiger partial charge in [-0.15, -0.1) is 11.3 Å². The van der Waals surface area contributed by atoms with E-state index >= 15 is 0 Å². The van der Waals surface area contributed by atoms with Crippen LogP contribution in [0.4, 0.5) is 5.69 Å². The van der Waals surface area contributed by atoms with Gasteiger partial charge in [-0.05, 0) is 44.0 Å². The van der Waals surface area contributed by atoms with Gasteiger partial charge in [0.1, 0.15) is 0 Å². The summed E-state index contributed by atoms with van der Waals surface area (Å²) in [6.45, 7) is 7.30. The zero-order chi connectivity index (χ0) is 12.3. The number of benzene rings is 1. The maximum Gasteiger partial charge on any atom is 0.0797 e. The van der Waals surface area contributed by atoms with Gasteiger partial charge in [-0.3, -0.25) is 0 Å². The molecule has 0 spiro atoms. The van der Waals surface area contributed by atoms with Crippen LogP contribution in [-0.2, 0) is 6.42 Å². The van der Waals surface area contributed by atoms with Gasteiger partial charge < -0.3 is 5.32 Å². The van der Waals surface area contributed by atoms with Crippen LogP contribution in [0, 0.1) is 20.8 Å². The average molecular weight is 246 g/mol. The van der Waals surface area contributed by atoms with E-state index in [2.05, 4.69) is 49.3 Å². The van der Waals surface area contributed by atoms with Gasteiger partial charge in [0.25, 0.3) is 0 Å². The number of hydrogen-bond donors (Lipinski definition) is 1. The van der Waals surface area contributed by atoms with Crippen LogP contribution in [0.2, 0.25) is 0 Å². The SMILES string of the molecule is Cc1cc(C)cc(NCCc2scnc2C)c1. The maximum atomic E-state index is 4.26. The fourth-order valence-corrected chi connectivity index (χ4v) is 2.74. The van der Waals surface area contributed by atoms with Gasteiger partial charge in [-0.1, -0.05) is 6.07 Å². The summed E-state index contributed by atoms with van der Waals surface area (Å²) in [5, 5.41) is 3.47. The monoisotopic (exact) mass is 246 g/mol. The minimum atomic E-state index is 0.964. The molecule has 1 aromatic carbocycles. The first-order valence-electron chi connectivity index (χ1n) is 5.86. The van der Waals surface area contributed by atoms with E-state index in [1.54, 1.807) is 11.3 Å². The number of rotatable bonds is 4. The highest BCUT2D eigenvalue weighted by Gasteiger charge is 2.01. The molecule has 2 nitrogen and oxygen atoms in total. The van der Waals surface area contributed by atoms with E-state index in [1.807, 2.05) is 5.51 Å². The Hall–Kier alpha value is -1.35. The Labute approximate surface area is 107 Å². The first-order valence-corrected chi connectivity index (χ1v) is 6.74. The average Bonchev–Trinajstić information content (AvgIpc) is 2.63. The molecule has 0 unspecified atom stereocenters. The molecule has 0 bridgehead atoms. The molecule has 0 saturated heterocycles. The van der Waals surface area contributed by atoms with E-state index in [4.69, 9.17) is 0 Å². The molecule has 0 atom stereocenters. The van der Waals surface area contributed by atoms with Crippen molar-refractivity contribution >= 4 is 17.0 Å². The molecule has 3 heteroatoms. The van der Waals surface area contributed by atoms with E-state index in [9.17, 15) is 0 Å². The molecule has 1 N–H and O–H groups in total. The fraction of sp³-hybridized carbons (Fsp3) is 0.357. The van der Waals surface area contributed by atoms with Crippen LogP contribution in [0.15, 0.2) is 23.7 Å². The highest BCUT2D eigenvalue weighted by molar-refractivity contribution is 7.09. The summed E-state index contributed by atoms with van der Waals surface area (Å²) >= 11 is 1.74. The van der Waals surface area contributed by atoms with Crippen LogP contribution < -0.4 is 5.32 Å². The summed E-state index contributed by atoms with van der Waals surface area (Å²) in [5.41, 5.74) is 6.91. The van der Waals surface area contributed by atoms with Crippen LogP contribution in [-0.4, -0.2) is 11.5 Å². The van der Waals surface area contributed by atoms with Crippen molar-refractivity contribution in [2.75, 3.05) is 11.9 Å². The fourth-order valence-electron chi connectivity index (χ4n) is 1.96. The van der Waals surface area contributed by atoms with Crippen molar-refractivity contribution in [1.82, 2.24) is 4.98 Å². The van der Waals surface area contributed by atoms with Gasteiger partial charge in [-0.2, -0.15) is 0 Å². The van der Waals surface area contributed by atoms with Crippen LogP contribution in [0.1, 0.15) is 21.7 Å². The van der Waals surface area contributed by atoms with Gasteiger partial charge >= 0.3 is 0 Å². The van der Waals surface area contributed by atoms with Crippen molar-refractivity contribution in [2.45, 2.75) is 27.2 Å². The Morgan fingerprint density at radius 3 is 2.41 bits per heavy atom. The molecule has 0 aliphatic rings. The van der Waals surface area contributed by atoms with E-state index < -0.39 is 0 Å². The van der Waals surface area contributed by atoms with Crippen LogP contribution in [0.3, 0.4) is 0 Å². The smallest absolute Gasteiger partial charge is 0.0797 e. The minimum absolute atomic E-state index is 0.964. The summed E-state index contributed by atoms with van der Waals surface area (Å²) in [6, 6.07) is 6.57. The zero-order valence-corrected chi connectivity index (χ0v) is 11.4. The summed E-state index contributed by atoms with van der Waals surface area (Å²) < 4.78 is 0. The second kappa shape index (κ2) is 5.32. The number of nitrogens with one attached hydrogen (secondary N) is 1. The molecule has 0 aliphatic heterocycles. The second-order valence-electron chi connectivity index (χ2n) is 4.41. The maximum absolute atomic E-state index is 4.26. The highest BCUT2D eigenvalue weighted by Crippen LogP contribution is 2.15. The molecule has 0 aliphatic carbocycles. The molecular formula is C14H18N2S. The first-order chi connectivity index (χ1) is 8.15. The van der Waals surface area contributed by atoms with E-state index in [1.165, 1.54) is 21.7 Å². The van der Waals surface area contributed by atoms with Crippen molar-refractivity contribution in [3.05, 3.63) is 45.4 Å². The van der Waals surface area contributed by atoms with Crippen molar-refractivity contribution in [3.63, 3.8) is 0 Å². The Balaban J connectivity index is 1.92. The number of nitrogens with zero attached hydrogens (tertiary/aromatic N) is 1. The number of anilines is 1. The second-order valence-corrected chi connectivity index (χ2v) is 5.35. The lowest BCUT2D eigenvalue weighted by molar-refractivity contribution is 1.02. The van der Waals surface area contributed by atoms with E-state index in [-0.39, 0.29) is 0 Å². The van der Waals surface area contributed by atoms with Gasteiger partial charge in [0.05, 0.1) is 11.2 Å². The molecule has 1 heterocycles. The predicted octanol–water partition coefficient (Wildman–Crippen LogP) is 3.72. The first kappa shape index (κ1) is 12.1. The van der Waals surface area contributed by atoms with Gasteiger partial charge in [0, 0.05) is 23.5 Å². The molecule has 90 valence electrons. The number of thiazole rings is 1. The van der Waals surface area contributed by atoms with Crippen molar-refractivity contribution in [2.24, 2.45) is 0 Å². The van der Waals surface area contributed by atoms with Crippen molar-refractivity contribution < 1.29 is 0 Å². The molecule has 17 heavy (non-hydrogen) atoms. The third kappa shape index (κ3) is 3.30. The van der Waals surface area contributed by atoms with E-state index in [0.717, 1.165) is 18.7 Å². The molecule has 0 radical (unpaired) electrons. The quantitative estimate of drug-likeness (QED) is 0.889.